The van der Waals surface area contributed by atoms with E-state index < -0.39 is 5.78 Å². The molecule has 0 saturated heterocycles. The normalized spacial score (nSPS) is 10.0. The third-order valence-corrected chi connectivity index (χ3v) is 1.61. The van der Waals surface area contributed by atoms with Gasteiger partial charge in [-0.25, -0.2) is 19.9 Å². The first-order chi connectivity index (χ1) is 6.83. The highest BCUT2D eigenvalue weighted by Gasteiger charge is 2.12. The summed E-state index contributed by atoms with van der Waals surface area (Å²) in [6, 6.07) is 0. The number of ketones is 1. The van der Waals surface area contributed by atoms with Crippen molar-refractivity contribution in [1.82, 2.24) is 19.9 Å². The molecule has 0 radical (unpaired) electrons. The van der Waals surface area contributed by atoms with Crippen LogP contribution in [-0.4, -0.2) is 32.0 Å². The monoisotopic (exact) mass is 188 g/mol. The van der Waals surface area contributed by atoms with Crippen LogP contribution in [0.3, 0.4) is 0 Å². The van der Waals surface area contributed by atoms with E-state index in [9.17, 15) is 9.59 Å². The van der Waals surface area contributed by atoms with Crippen LogP contribution in [0.1, 0.15) is 10.5 Å². The molecule has 68 valence electrons. The third kappa shape index (κ3) is 1.22. The Labute approximate surface area is 78.0 Å². The van der Waals surface area contributed by atoms with Crippen molar-refractivity contribution in [2.24, 2.45) is 0 Å². The Morgan fingerprint density at radius 1 is 1.14 bits per heavy atom. The Morgan fingerprint density at radius 3 is 2.71 bits per heavy atom. The molecular weight excluding hydrogens is 184 g/mol. The molecule has 6 heteroatoms. The van der Waals surface area contributed by atoms with E-state index in [1.807, 2.05) is 0 Å². The minimum absolute atomic E-state index is 0.0156. The Kier molecular flexibility index (Phi) is 1.94. The van der Waals surface area contributed by atoms with Crippen LogP contribution in [0.15, 0.2) is 18.7 Å². The largest absolute Gasteiger partial charge is 0.294 e. The van der Waals surface area contributed by atoms with Crippen molar-refractivity contribution in [3.05, 3.63) is 24.4 Å². The molecule has 0 spiro atoms. The smallest absolute Gasteiger partial charge is 0.246 e. The number of fused-ring (bicyclic) bond motifs is 1. The van der Waals surface area contributed by atoms with Crippen LogP contribution in [0.2, 0.25) is 0 Å². The van der Waals surface area contributed by atoms with E-state index in [1.54, 1.807) is 0 Å². The summed E-state index contributed by atoms with van der Waals surface area (Å²) in [5.74, 6) is -0.724. The van der Waals surface area contributed by atoms with Crippen molar-refractivity contribution in [2.45, 2.75) is 0 Å². The second-order valence-corrected chi connectivity index (χ2v) is 2.43. The highest BCUT2D eigenvalue weighted by molar-refractivity contribution is 6.34. The van der Waals surface area contributed by atoms with Crippen LogP contribution in [-0.2, 0) is 4.79 Å². The molecule has 2 aromatic rings. The molecule has 6 nitrogen and oxygen atoms in total. The summed E-state index contributed by atoms with van der Waals surface area (Å²) in [7, 11) is 0. The zero-order chi connectivity index (χ0) is 9.97. The van der Waals surface area contributed by atoms with E-state index >= 15 is 0 Å². The molecule has 0 saturated carbocycles. The number of nitrogens with zero attached hydrogens (tertiary/aromatic N) is 4. The van der Waals surface area contributed by atoms with Crippen molar-refractivity contribution < 1.29 is 9.59 Å². The average Bonchev–Trinajstić information content (AvgIpc) is 2.27. The first kappa shape index (κ1) is 8.36. The maximum Gasteiger partial charge on any atom is 0.246 e. The van der Waals surface area contributed by atoms with Gasteiger partial charge in [0.05, 0.1) is 0 Å². The van der Waals surface area contributed by atoms with Gasteiger partial charge in [-0.15, -0.1) is 0 Å². The Hall–Kier alpha value is -2.24. The van der Waals surface area contributed by atoms with Crippen molar-refractivity contribution in [3.63, 3.8) is 0 Å². The highest BCUT2D eigenvalue weighted by Crippen LogP contribution is 2.07. The predicted molar refractivity (Wildman–Crippen MR) is 45.5 cm³/mol. The molecule has 0 aliphatic rings. The number of aldehydes is 1. The zero-order valence-electron chi connectivity index (χ0n) is 6.91. The van der Waals surface area contributed by atoms with Crippen LogP contribution in [0.5, 0.6) is 0 Å². The molecule has 0 aromatic carbocycles. The Balaban J connectivity index is 2.77. The van der Waals surface area contributed by atoms with Crippen LogP contribution in [0, 0.1) is 0 Å². The highest BCUT2D eigenvalue weighted by atomic mass is 16.2. The molecule has 2 rings (SSSR count). The van der Waals surface area contributed by atoms with Crippen molar-refractivity contribution in [3.8, 4) is 0 Å². The molecule has 0 aliphatic heterocycles. The number of rotatable bonds is 2. The minimum Gasteiger partial charge on any atom is -0.294 e. The van der Waals surface area contributed by atoms with Crippen LogP contribution in [0.25, 0.3) is 11.2 Å². The molecule has 0 fully saturated rings. The van der Waals surface area contributed by atoms with Gasteiger partial charge in [-0.2, -0.15) is 0 Å². The molecule has 0 amide bonds. The van der Waals surface area contributed by atoms with E-state index in [2.05, 4.69) is 19.9 Å². The summed E-state index contributed by atoms with van der Waals surface area (Å²) in [6.07, 6.45) is 4.22. The molecule has 2 aromatic heterocycles. The fraction of sp³-hybridized carbons (Fsp3) is 0. The third-order valence-electron chi connectivity index (χ3n) is 1.61. The summed E-state index contributed by atoms with van der Waals surface area (Å²) in [5.41, 5.74) is 0.526. The van der Waals surface area contributed by atoms with Gasteiger partial charge in [-0.05, 0) is 0 Å². The second-order valence-electron chi connectivity index (χ2n) is 2.43. The van der Waals surface area contributed by atoms with Gasteiger partial charge in [0.15, 0.2) is 11.9 Å². The number of Topliss-reactive ketones (excluding diaryl/α,β-unsaturated/α-hetero) is 1. The van der Waals surface area contributed by atoms with Gasteiger partial charge >= 0.3 is 0 Å². The van der Waals surface area contributed by atoms with Gasteiger partial charge in [-0.3, -0.25) is 9.59 Å². The molecule has 2 heterocycles. The molecular formula is C8H4N4O2. The standard InChI is InChI=1S/C8H4N4O2/c13-3-5(14)6-7-8(12-4-11-6)10-2-1-9-7/h1-4H. The maximum absolute atomic E-state index is 11.1. The SMILES string of the molecule is O=CC(=O)c1ncnc2nccnc12. The fourth-order valence-corrected chi connectivity index (χ4v) is 1.03. The number of carbonyl (C=O) groups is 2. The zero-order valence-corrected chi connectivity index (χ0v) is 6.91. The summed E-state index contributed by atoms with van der Waals surface area (Å²) >= 11 is 0. The average molecular weight is 188 g/mol. The minimum atomic E-state index is -0.724. The summed E-state index contributed by atoms with van der Waals surface area (Å²) in [5, 5.41) is 0. The summed E-state index contributed by atoms with van der Waals surface area (Å²) < 4.78 is 0. The number of hydrogen-bond acceptors (Lipinski definition) is 6. The van der Waals surface area contributed by atoms with E-state index in [4.69, 9.17) is 0 Å². The van der Waals surface area contributed by atoms with Crippen molar-refractivity contribution in [1.29, 1.82) is 0 Å². The maximum atomic E-state index is 11.1. The lowest BCUT2D eigenvalue weighted by atomic mass is 10.2. The summed E-state index contributed by atoms with van der Waals surface area (Å²) in [6.45, 7) is 0. The Morgan fingerprint density at radius 2 is 1.93 bits per heavy atom. The second kappa shape index (κ2) is 3.25. The topological polar surface area (TPSA) is 85.7 Å². The van der Waals surface area contributed by atoms with Crippen molar-refractivity contribution >= 4 is 23.2 Å². The number of hydrogen-bond donors (Lipinski definition) is 0. The van der Waals surface area contributed by atoms with Gasteiger partial charge in [0.25, 0.3) is 0 Å². The molecule has 0 N–H and O–H groups in total. The first-order valence-electron chi connectivity index (χ1n) is 3.74. The van der Waals surface area contributed by atoms with Gasteiger partial charge in [0.2, 0.25) is 5.78 Å². The van der Waals surface area contributed by atoms with Crippen LogP contribution in [0.4, 0.5) is 0 Å². The van der Waals surface area contributed by atoms with Gasteiger partial charge < -0.3 is 0 Å². The lowest BCUT2D eigenvalue weighted by Crippen LogP contribution is -2.06. The molecule has 0 atom stereocenters. The van der Waals surface area contributed by atoms with Crippen LogP contribution >= 0.6 is 0 Å². The van der Waals surface area contributed by atoms with E-state index in [0.717, 1.165) is 0 Å². The van der Waals surface area contributed by atoms with Crippen molar-refractivity contribution in [2.75, 3.05) is 0 Å². The predicted octanol–water partition coefficient (Wildman–Crippen LogP) is -0.199. The summed E-state index contributed by atoms with van der Waals surface area (Å²) in [4.78, 5) is 36.6. The Bertz CT molecular complexity index is 506. The van der Waals surface area contributed by atoms with E-state index in [0.29, 0.717) is 5.65 Å². The fourth-order valence-electron chi connectivity index (χ4n) is 1.03. The molecule has 14 heavy (non-hydrogen) atoms. The van der Waals surface area contributed by atoms with Gasteiger partial charge in [0.1, 0.15) is 17.5 Å². The molecule has 0 aliphatic carbocycles. The number of carbonyl (C=O) groups excluding carboxylic acids is 2. The quantitative estimate of drug-likeness (QED) is 0.368. The lowest BCUT2D eigenvalue weighted by molar-refractivity contribution is -0.104. The number of aromatic nitrogens is 4. The molecule has 0 unspecified atom stereocenters. The lowest BCUT2D eigenvalue weighted by Gasteiger charge is -1.97. The van der Waals surface area contributed by atoms with Gasteiger partial charge in [0, 0.05) is 12.4 Å². The first-order valence-corrected chi connectivity index (χ1v) is 3.74. The van der Waals surface area contributed by atoms with Gasteiger partial charge in [-0.1, -0.05) is 0 Å². The van der Waals surface area contributed by atoms with E-state index in [1.165, 1.54) is 18.7 Å². The van der Waals surface area contributed by atoms with Crippen LogP contribution < -0.4 is 0 Å². The molecule has 0 bridgehead atoms. The van der Waals surface area contributed by atoms with E-state index in [-0.39, 0.29) is 17.5 Å².